The lowest BCUT2D eigenvalue weighted by Crippen LogP contribution is -2.42. The van der Waals surface area contributed by atoms with E-state index in [1.54, 1.807) is 18.2 Å². The molecule has 0 saturated carbocycles. The Morgan fingerprint density at radius 1 is 1.21 bits per heavy atom. The van der Waals surface area contributed by atoms with Crippen molar-refractivity contribution in [3.63, 3.8) is 0 Å². The number of ether oxygens (including phenoxy) is 3. The number of para-hydroxylation sites is 1. The zero-order valence-corrected chi connectivity index (χ0v) is 15.8. The van der Waals surface area contributed by atoms with E-state index in [9.17, 15) is 9.90 Å². The molecule has 0 fully saturated rings. The van der Waals surface area contributed by atoms with Gasteiger partial charge >= 0.3 is 0 Å². The molecule has 2 N–H and O–H groups in total. The average molecular weight is 392 g/mol. The van der Waals surface area contributed by atoms with E-state index >= 15 is 0 Å². The Labute approximate surface area is 167 Å². The number of fused-ring (bicyclic) bond motifs is 2. The van der Waals surface area contributed by atoms with Crippen LogP contribution in [0.3, 0.4) is 0 Å². The molecule has 0 saturated heterocycles. The molecule has 7 nitrogen and oxygen atoms in total. The molecule has 3 aromatic rings. The Balaban J connectivity index is 1.43. The molecule has 0 radical (unpaired) electrons. The number of aromatic hydroxyl groups is 1. The number of carbonyl (C=O) groups is 1. The number of rotatable bonds is 5. The van der Waals surface area contributed by atoms with Gasteiger partial charge in [-0.15, -0.1) is 0 Å². The quantitative estimate of drug-likeness (QED) is 0.514. The van der Waals surface area contributed by atoms with Gasteiger partial charge in [-0.3, -0.25) is 4.79 Å². The molecule has 1 aliphatic heterocycles. The van der Waals surface area contributed by atoms with Crippen LogP contribution in [-0.4, -0.2) is 36.5 Å². The number of nitrogens with zero attached hydrogens (tertiary/aromatic N) is 1. The van der Waals surface area contributed by atoms with E-state index in [2.05, 4.69) is 10.5 Å². The van der Waals surface area contributed by atoms with Crippen LogP contribution in [0.25, 0.3) is 10.8 Å². The normalized spacial score (nSPS) is 15.4. The van der Waals surface area contributed by atoms with Crippen molar-refractivity contribution in [2.75, 3.05) is 13.2 Å². The summed E-state index contributed by atoms with van der Waals surface area (Å²) in [4.78, 5) is 12.4. The Morgan fingerprint density at radius 3 is 2.72 bits per heavy atom. The lowest BCUT2D eigenvalue weighted by atomic mass is 10.1. The summed E-state index contributed by atoms with van der Waals surface area (Å²) in [5.74, 6) is 0.997. The molecule has 1 amide bonds. The zero-order chi connectivity index (χ0) is 20.2. The highest BCUT2D eigenvalue weighted by Gasteiger charge is 2.27. The first kappa shape index (κ1) is 18.6. The molecule has 0 spiro atoms. The molecular weight excluding hydrogens is 372 g/mol. The predicted octanol–water partition coefficient (Wildman–Crippen LogP) is 3.23. The van der Waals surface area contributed by atoms with Crippen molar-refractivity contribution in [1.82, 2.24) is 5.43 Å². The van der Waals surface area contributed by atoms with Crippen LogP contribution in [0.2, 0.25) is 0 Å². The van der Waals surface area contributed by atoms with Crippen LogP contribution >= 0.6 is 0 Å². The third-order valence-electron chi connectivity index (χ3n) is 4.47. The molecule has 7 heteroatoms. The van der Waals surface area contributed by atoms with Crippen LogP contribution in [0, 0.1) is 0 Å². The van der Waals surface area contributed by atoms with Crippen LogP contribution in [0.4, 0.5) is 0 Å². The summed E-state index contributed by atoms with van der Waals surface area (Å²) in [6, 6.07) is 16.6. The number of phenols is 1. The molecule has 1 atom stereocenters. The fraction of sp³-hybridized carbons (Fsp3) is 0.182. The standard InChI is InChI=1S/C22H20N2O5/c1-2-27-17-9-5-8-16(21(17)25)12-23-24-22(26)20-13-28-18-10-14-6-3-4-7-15(14)11-19(18)29-20/h3-12,20,25H,2,13H2,1H3,(H,24,26). The van der Waals surface area contributed by atoms with Crippen molar-refractivity contribution in [3.8, 4) is 23.0 Å². The van der Waals surface area contributed by atoms with Gasteiger partial charge in [0.15, 0.2) is 23.0 Å². The second-order valence-corrected chi connectivity index (χ2v) is 6.42. The van der Waals surface area contributed by atoms with Gasteiger partial charge < -0.3 is 19.3 Å². The minimum Gasteiger partial charge on any atom is -0.504 e. The SMILES string of the molecule is CCOc1cccc(C=NNC(=O)C2COc3cc4ccccc4cc3O2)c1O. The maximum atomic E-state index is 12.4. The number of nitrogens with one attached hydrogen (secondary N) is 1. The van der Waals surface area contributed by atoms with E-state index in [0.717, 1.165) is 10.8 Å². The van der Waals surface area contributed by atoms with Gasteiger partial charge in [-0.05, 0) is 42.0 Å². The van der Waals surface area contributed by atoms with Crippen molar-refractivity contribution in [2.24, 2.45) is 5.10 Å². The highest BCUT2D eigenvalue weighted by molar-refractivity contribution is 5.89. The Morgan fingerprint density at radius 2 is 1.97 bits per heavy atom. The van der Waals surface area contributed by atoms with Gasteiger partial charge in [0.25, 0.3) is 5.91 Å². The van der Waals surface area contributed by atoms with Crippen molar-refractivity contribution in [2.45, 2.75) is 13.0 Å². The highest BCUT2D eigenvalue weighted by Crippen LogP contribution is 2.35. The summed E-state index contributed by atoms with van der Waals surface area (Å²) >= 11 is 0. The van der Waals surface area contributed by atoms with Crippen molar-refractivity contribution in [1.29, 1.82) is 0 Å². The third-order valence-corrected chi connectivity index (χ3v) is 4.47. The fourth-order valence-electron chi connectivity index (χ4n) is 3.04. The number of hydrogen-bond donors (Lipinski definition) is 2. The van der Waals surface area contributed by atoms with E-state index in [1.165, 1.54) is 6.21 Å². The Kier molecular flexibility index (Phi) is 5.20. The van der Waals surface area contributed by atoms with Gasteiger partial charge in [-0.1, -0.05) is 30.3 Å². The van der Waals surface area contributed by atoms with Gasteiger partial charge in [-0.2, -0.15) is 5.10 Å². The zero-order valence-electron chi connectivity index (χ0n) is 15.8. The van der Waals surface area contributed by atoms with Gasteiger partial charge in [0.05, 0.1) is 12.8 Å². The Bertz CT molecular complexity index is 1080. The topological polar surface area (TPSA) is 89.4 Å². The summed E-state index contributed by atoms with van der Waals surface area (Å²) in [6.45, 7) is 2.34. The first-order chi connectivity index (χ1) is 14.2. The first-order valence-corrected chi connectivity index (χ1v) is 9.25. The molecular formula is C22H20N2O5. The lowest BCUT2D eigenvalue weighted by molar-refractivity contribution is -0.130. The molecule has 148 valence electrons. The number of carbonyl (C=O) groups excluding carboxylic acids is 1. The summed E-state index contributed by atoms with van der Waals surface area (Å²) in [6.07, 6.45) is 0.519. The monoisotopic (exact) mass is 392 g/mol. The van der Waals surface area contributed by atoms with Gasteiger partial charge in [0, 0.05) is 5.56 Å². The minimum atomic E-state index is -0.829. The molecule has 0 aromatic heterocycles. The number of amides is 1. The van der Waals surface area contributed by atoms with Gasteiger partial charge in [0.1, 0.15) is 6.61 Å². The predicted molar refractivity (Wildman–Crippen MR) is 109 cm³/mol. The van der Waals surface area contributed by atoms with Crippen molar-refractivity contribution < 1.29 is 24.1 Å². The summed E-state index contributed by atoms with van der Waals surface area (Å²) in [5, 5.41) is 16.1. The van der Waals surface area contributed by atoms with Crippen LogP contribution < -0.4 is 19.6 Å². The summed E-state index contributed by atoms with van der Waals surface area (Å²) < 4.78 is 16.8. The summed E-state index contributed by atoms with van der Waals surface area (Å²) in [5.41, 5.74) is 2.85. The van der Waals surface area contributed by atoms with Crippen LogP contribution in [0.15, 0.2) is 59.7 Å². The number of phenolic OH excluding ortho intramolecular Hbond substituents is 1. The Hall–Kier alpha value is -3.74. The molecule has 1 unspecified atom stereocenters. The molecule has 3 aromatic carbocycles. The van der Waals surface area contributed by atoms with Crippen LogP contribution in [0.5, 0.6) is 23.0 Å². The molecule has 0 bridgehead atoms. The molecule has 1 heterocycles. The lowest BCUT2D eigenvalue weighted by Gasteiger charge is -2.25. The van der Waals surface area contributed by atoms with Gasteiger partial charge in [0.2, 0.25) is 6.10 Å². The smallest absolute Gasteiger partial charge is 0.284 e. The largest absolute Gasteiger partial charge is 0.504 e. The van der Waals surface area contributed by atoms with E-state index in [4.69, 9.17) is 14.2 Å². The molecule has 0 aliphatic carbocycles. The van der Waals surface area contributed by atoms with E-state index < -0.39 is 12.0 Å². The average Bonchev–Trinajstić information content (AvgIpc) is 2.74. The van der Waals surface area contributed by atoms with Crippen molar-refractivity contribution >= 4 is 22.9 Å². The van der Waals surface area contributed by atoms with E-state index in [-0.39, 0.29) is 12.4 Å². The second kappa shape index (κ2) is 8.10. The number of hydrazone groups is 1. The second-order valence-electron chi connectivity index (χ2n) is 6.42. The molecule has 4 rings (SSSR count). The maximum Gasteiger partial charge on any atom is 0.284 e. The fourth-order valence-corrected chi connectivity index (χ4v) is 3.04. The molecule has 29 heavy (non-hydrogen) atoms. The summed E-state index contributed by atoms with van der Waals surface area (Å²) in [7, 11) is 0. The van der Waals surface area contributed by atoms with E-state index in [0.29, 0.717) is 29.4 Å². The van der Waals surface area contributed by atoms with E-state index in [1.807, 2.05) is 43.3 Å². The van der Waals surface area contributed by atoms with Crippen LogP contribution in [0.1, 0.15) is 12.5 Å². The molecule has 1 aliphatic rings. The highest BCUT2D eigenvalue weighted by atomic mass is 16.6. The van der Waals surface area contributed by atoms with Gasteiger partial charge in [-0.25, -0.2) is 5.43 Å². The van der Waals surface area contributed by atoms with Crippen molar-refractivity contribution in [3.05, 3.63) is 60.2 Å². The maximum absolute atomic E-state index is 12.4. The third kappa shape index (κ3) is 3.94. The number of hydrogen-bond acceptors (Lipinski definition) is 6. The first-order valence-electron chi connectivity index (χ1n) is 9.25. The number of benzene rings is 3. The van der Waals surface area contributed by atoms with Crippen LogP contribution in [-0.2, 0) is 4.79 Å². The minimum absolute atomic E-state index is 0.0367.